The third-order valence-electron chi connectivity index (χ3n) is 5.75. The maximum absolute atomic E-state index is 6.33. The van der Waals surface area contributed by atoms with Crippen LogP contribution in [0.3, 0.4) is 0 Å². The molecule has 0 spiro atoms. The highest BCUT2D eigenvalue weighted by Gasteiger charge is 2.26. The van der Waals surface area contributed by atoms with Gasteiger partial charge in [-0.3, -0.25) is 4.40 Å². The van der Waals surface area contributed by atoms with Gasteiger partial charge in [0.25, 0.3) is 6.02 Å². The molecule has 0 fully saturated rings. The summed E-state index contributed by atoms with van der Waals surface area (Å²) in [6.45, 7) is 6.52. The van der Waals surface area contributed by atoms with Crippen LogP contribution in [0.15, 0.2) is 60.1 Å². The van der Waals surface area contributed by atoms with Crippen LogP contribution in [0, 0.1) is 6.92 Å². The van der Waals surface area contributed by atoms with Crippen molar-refractivity contribution in [2.75, 3.05) is 17.7 Å². The van der Waals surface area contributed by atoms with Crippen molar-refractivity contribution < 1.29 is 9.47 Å². The van der Waals surface area contributed by atoms with Gasteiger partial charge in [-0.25, -0.2) is 19.9 Å². The van der Waals surface area contributed by atoms with E-state index < -0.39 is 0 Å². The molecular weight excluding hydrogens is 458 g/mol. The average Bonchev–Trinajstić information content (AvgIpc) is 3.45. The van der Waals surface area contributed by atoms with Gasteiger partial charge in [-0.05, 0) is 62.7 Å². The number of fused-ring (bicyclic) bond motifs is 2. The molecule has 0 unspecified atom stereocenters. The van der Waals surface area contributed by atoms with E-state index in [1.807, 2.05) is 57.2 Å². The Balaban J connectivity index is 1.26. The molecule has 2 aromatic carbocycles. The Hall–Kier alpha value is -4.80. The number of aliphatic imine (C=N–C) groups is 1. The van der Waals surface area contributed by atoms with E-state index in [1.54, 1.807) is 23.1 Å². The van der Waals surface area contributed by atoms with Crippen LogP contribution in [-0.2, 0) is 4.74 Å². The van der Waals surface area contributed by atoms with E-state index in [0.717, 1.165) is 27.7 Å². The van der Waals surface area contributed by atoms with Gasteiger partial charge >= 0.3 is 0 Å². The van der Waals surface area contributed by atoms with Crippen molar-refractivity contribution in [1.29, 1.82) is 0 Å². The molecule has 5 aromatic rings. The zero-order valence-corrected chi connectivity index (χ0v) is 19.9. The molecule has 0 amide bonds. The smallest absolute Gasteiger partial charge is 0.289 e. The predicted octanol–water partition coefficient (Wildman–Crippen LogP) is 3.99. The Kier molecular flexibility index (Phi) is 4.92. The van der Waals surface area contributed by atoms with Gasteiger partial charge in [0.2, 0.25) is 5.88 Å². The normalized spacial score (nSPS) is 14.6. The molecule has 11 nitrogen and oxygen atoms in total. The summed E-state index contributed by atoms with van der Waals surface area (Å²) in [5.74, 6) is 2.01. The summed E-state index contributed by atoms with van der Waals surface area (Å²) in [6.07, 6.45) is 3.19. The number of rotatable bonds is 4. The number of nitrogen functional groups attached to an aromatic ring is 1. The minimum absolute atomic E-state index is 0.240. The number of amidine groups is 1. The molecule has 4 heterocycles. The van der Waals surface area contributed by atoms with Gasteiger partial charge in [-0.15, -0.1) is 10.2 Å². The minimum atomic E-state index is -0.240. The minimum Gasteiger partial charge on any atom is -0.462 e. The fourth-order valence-corrected chi connectivity index (χ4v) is 3.91. The fourth-order valence-electron chi connectivity index (χ4n) is 3.91. The summed E-state index contributed by atoms with van der Waals surface area (Å²) in [6, 6.07) is 13.6. The summed E-state index contributed by atoms with van der Waals surface area (Å²) in [7, 11) is 0. The summed E-state index contributed by atoms with van der Waals surface area (Å²) in [4.78, 5) is 18.1. The molecule has 6 rings (SSSR count). The third-order valence-corrected chi connectivity index (χ3v) is 5.75. The summed E-state index contributed by atoms with van der Waals surface area (Å²) >= 11 is 0. The van der Waals surface area contributed by atoms with Crippen LogP contribution in [0.5, 0.6) is 11.6 Å². The standard InChI is InChI=1S/C25H23N9O2/c1-14-8-15(4-7-19(14)36-21-10-20-33-28-13-34(20)12-27-21)23-30-18-6-5-16(9-17(18)22(26)31-23)29-24-32-25(2,3)11-35-24/h4-10,12-13H,11H2,1-3H3,(H,29,32)(H2,26,30,31). The van der Waals surface area contributed by atoms with Crippen LogP contribution >= 0.6 is 0 Å². The molecule has 0 atom stereocenters. The van der Waals surface area contributed by atoms with E-state index in [9.17, 15) is 0 Å². The van der Waals surface area contributed by atoms with E-state index in [-0.39, 0.29) is 5.54 Å². The van der Waals surface area contributed by atoms with Crippen molar-refractivity contribution in [1.82, 2.24) is 29.5 Å². The number of nitrogens with one attached hydrogen (secondary N) is 1. The first-order valence-corrected chi connectivity index (χ1v) is 11.3. The van der Waals surface area contributed by atoms with Crippen molar-refractivity contribution in [2.24, 2.45) is 4.99 Å². The van der Waals surface area contributed by atoms with Crippen molar-refractivity contribution in [2.45, 2.75) is 26.3 Å². The number of benzene rings is 2. The SMILES string of the molecule is Cc1cc(-c2nc(N)c3cc(NC4=NC(C)(C)CO4)ccc3n2)ccc1Oc1cc2nncn2cn1. The molecule has 0 saturated carbocycles. The molecule has 11 heteroatoms. The zero-order valence-electron chi connectivity index (χ0n) is 19.9. The molecule has 3 N–H and O–H groups in total. The van der Waals surface area contributed by atoms with Crippen molar-refractivity contribution >= 4 is 34.1 Å². The van der Waals surface area contributed by atoms with Gasteiger partial charge < -0.3 is 20.5 Å². The maximum atomic E-state index is 6.33. The lowest BCUT2D eigenvalue weighted by Crippen LogP contribution is -2.17. The van der Waals surface area contributed by atoms with Gasteiger partial charge in [0, 0.05) is 22.7 Å². The molecule has 0 bridgehead atoms. The Morgan fingerprint density at radius 1 is 1.08 bits per heavy atom. The summed E-state index contributed by atoms with van der Waals surface area (Å²) < 4.78 is 13.3. The summed E-state index contributed by atoms with van der Waals surface area (Å²) in [5, 5.41) is 11.8. The van der Waals surface area contributed by atoms with Gasteiger partial charge in [0.15, 0.2) is 11.5 Å². The first-order valence-electron chi connectivity index (χ1n) is 11.3. The second-order valence-electron chi connectivity index (χ2n) is 9.21. The number of hydrogen-bond donors (Lipinski definition) is 2. The number of hydrogen-bond acceptors (Lipinski definition) is 10. The lowest BCUT2D eigenvalue weighted by atomic mass is 10.1. The lowest BCUT2D eigenvalue weighted by Gasteiger charge is -2.11. The molecule has 0 radical (unpaired) electrons. The molecule has 0 saturated heterocycles. The van der Waals surface area contributed by atoms with Crippen LogP contribution in [0.2, 0.25) is 0 Å². The number of anilines is 2. The van der Waals surface area contributed by atoms with Crippen molar-refractivity contribution in [3.8, 4) is 23.0 Å². The Bertz CT molecular complexity index is 1660. The first kappa shape index (κ1) is 21.7. The average molecular weight is 482 g/mol. The quantitative estimate of drug-likeness (QED) is 0.390. The van der Waals surface area contributed by atoms with Gasteiger partial charge in [-0.2, -0.15) is 0 Å². The Labute approximate surface area is 206 Å². The second-order valence-corrected chi connectivity index (χ2v) is 9.21. The van der Waals surface area contributed by atoms with Crippen LogP contribution < -0.4 is 15.8 Å². The van der Waals surface area contributed by atoms with Crippen LogP contribution in [0.4, 0.5) is 11.5 Å². The van der Waals surface area contributed by atoms with E-state index >= 15 is 0 Å². The number of nitrogens with two attached hydrogens (primary N) is 1. The zero-order chi connectivity index (χ0) is 24.9. The predicted molar refractivity (Wildman–Crippen MR) is 136 cm³/mol. The molecule has 36 heavy (non-hydrogen) atoms. The Morgan fingerprint density at radius 3 is 2.78 bits per heavy atom. The number of aryl methyl sites for hydroxylation is 1. The molecular formula is C25H23N9O2. The molecule has 1 aliphatic heterocycles. The van der Waals surface area contributed by atoms with E-state index in [2.05, 4.69) is 30.5 Å². The highest BCUT2D eigenvalue weighted by atomic mass is 16.5. The third kappa shape index (κ3) is 4.11. The van der Waals surface area contributed by atoms with Crippen molar-refractivity contribution in [3.63, 3.8) is 0 Å². The first-order chi connectivity index (χ1) is 17.3. The van der Waals surface area contributed by atoms with Crippen LogP contribution in [0.25, 0.3) is 27.9 Å². The van der Waals surface area contributed by atoms with E-state index in [0.29, 0.717) is 41.5 Å². The van der Waals surface area contributed by atoms with E-state index in [4.69, 9.17) is 20.2 Å². The Morgan fingerprint density at radius 2 is 1.97 bits per heavy atom. The van der Waals surface area contributed by atoms with Gasteiger partial charge in [0.1, 0.15) is 30.8 Å². The largest absolute Gasteiger partial charge is 0.462 e. The molecule has 3 aromatic heterocycles. The molecule has 180 valence electrons. The lowest BCUT2D eigenvalue weighted by molar-refractivity contribution is 0.278. The number of nitrogens with zero attached hydrogens (tertiary/aromatic N) is 7. The summed E-state index contributed by atoms with van der Waals surface area (Å²) in [5.41, 5.74) is 10.0. The highest BCUT2D eigenvalue weighted by molar-refractivity contribution is 5.96. The van der Waals surface area contributed by atoms with Gasteiger partial charge in [0.05, 0.1) is 11.1 Å². The number of aromatic nitrogens is 6. The topological polar surface area (TPSA) is 138 Å². The second kappa shape index (κ2) is 8.15. The highest BCUT2D eigenvalue weighted by Crippen LogP contribution is 2.30. The van der Waals surface area contributed by atoms with Crippen molar-refractivity contribution in [3.05, 3.63) is 60.7 Å². The molecule has 1 aliphatic rings. The maximum Gasteiger partial charge on any atom is 0.289 e. The number of ether oxygens (including phenoxy) is 2. The van der Waals surface area contributed by atoms with Gasteiger partial charge in [-0.1, -0.05) is 0 Å². The van der Waals surface area contributed by atoms with Crippen LogP contribution in [0.1, 0.15) is 19.4 Å². The fraction of sp³-hybridized carbons (Fsp3) is 0.200. The van der Waals surface area contributed by atoms with Crippen LogP contribution in [-0.4, -0.2) is 47.7 Å². The molecule has 0 aliphatic carbocycles. The monoisotopic (exact) mass is 481 g/mol. The van der Waals surface area contributed by atoms with E-state index in [1.165, 1.54) is 0 Å².